The molecular formula is C16H24O2. The van der Waals surface area contributed by atoms with Crippen molar-refractivity contribution < 1.29 is 9.53 Å². The maximum absolute atomic E-state index is 11.6. The molecule has 0 amide bonds. The zero-order valence-electron chi connectivity index (χ0n) is 11.4. The Morgan fingerprint density at radius 2 is 1.61 bits per heavy atom. The van der Waals surface area contributed by atoms with Crippen LogP contribution in [0.3, 0.4) is 0 Å². The molecule has 0 aliphatic carbocycles. The Morgan fingerprint density at radius 3 is 2.39 bits per heavy atom. The number of ether oxygens (including phenoxy) is 1. The van der Waals surface area contributed by atoms with Crippen molar-refractivity contribution in [2.45, 2.75) is 51.9 Å². The van der Waals surface area contributed by atoms with Crippen LogP contribution in [0.15, 0.2) is 36.0 Å². The molecule has 0 spiro atoms. The van der Waals surface area contributed by atoms with Gasteiger partial charge in [-0.3, -0.25) is 0 Å². The fraction of sp³-hybridized carbons (Fsp3) is 0.562. The van der Waals surface area contributed by atoms with Gasteiger partial charge in [0.05, 0.1) is 6.61 Å². The third kappa shape index (κ3) is 7.10. The number of carbonyl (C=O) groups excluding carboxylic acids is 1. The van der Waals surface area contributed by atoms with E-state index in [9.17, 15) is 4.79 Å². The first-order valence-electron chi connectivity index (χ1n) is 6.96. The minimum Gasteiger partial charge on any atom is -0.462 e. The molecule has 0 aromatic heterocycles. The van der Waals surface area contributed by atoms with Gasteiger partial charge < -0.3 is 4.74 Å². The standard InChI is InChI=1S/C16H24O2/c1-15-13-11-9-7-5-3-2-4-6-8-10-12-14-18-16(15)17/h4,6,8,10,13H,2-3,5,7,9,11-12,14H2,1H3/b6-4+,10-8-,15-13+. The van der Waals surface area contributed by atoms with Gasteiger partial charge in [0.15, 0.2) is 0 Å². The molecule has 2 heteroatoms. The van der Waals surface area contributed by atoms with Crippen molar-refractivity contribution in [3.05, 3.63) is 36.0 Å². The van der Waals surface area contributed by atoms with E-state index in [4.69, 9.17) is 4.74 Å². The molecule has 0 saturated carbocycles. The summed E-state index contributed by atoms with van der Waals surface area (Å²) in [7, 11) is 0. The molecule has 1 rings (SSSR count). The Bertz CT molecular complexity index is 324. The van der Waals surface area contributed by atoms with Gasteiger partial charge in [-0.05, 0) is 39.0 Å². The van der Waals surface area contributed by atoms with Crippen LogP contribution in [0.5, 0.6) is 0 Å². The summed E-state index contributed by atoms with van der Waals surface area (Å²) in [5.74, 6) is -0.175. The Labute approximate surface area is 110 Å². The van der Waals surface area contributed by atoms with E-state index in [-0.39, 0.29) is 5.97 Å². The third-order valence-corrected chi connectivity index (χ3v) is 3.00. The molecule has 18 heavy (non-hydrogen) atoms. The number of hydrogen-bond donors (Lipinski definition) is 0. The number of allylic oxidation sites excluding steroid dienone is 4. The minimum absolute atomic E-state index is 0.175. The molecule has 0 bridgehead atoms. The van der Waals surface area contributed by atoms with E-state index in [0.717, 1.165) is 31.3 Å². The SMILES string of the molecule is C/C1=C\CCCCCC/C=C/C=C\CCOC1=O. The Balaban J connectivity index is 2.44. The van der Waals surface area contributed by atoms with Gasteiger partial charge in [-0.1, -0.05) is 43.2 Å². The Morgan fingerprint density at radius 1 is 0.944 bits per heavy atom. The van der Waals surface area contributed by atoms with E-state index < -0.39 is 0 Å². The summed E-state index contributed by atoms with van der Waals surface area (Å²) < 4.78 is 5.17. The van der Waals surface area contributed by atoms with Crippen LogP contribution in [0.2, 0.25) is 0 Å². The van der Waals surface area contributed by atoms with Crippen molar-refractivity contribution in [3.63, 3.8) is 0 Å². The number of carbonyl (C=O) groups is 1. The van der Waals surface area contributed by atoms with Gasteiger partial charge >= 0.3 is 5.97 Å². The molecule has 1 aliphatic heterocycles. The second-order valence-corrected chi connectivity index (χ2v) is 4.66. The Kier molecular flexibility index (Phi) is 7.94. The second kappa shape index (κ2) is 9.69. The fourth-order valence-corrected chi connectivity index (χ4v) is 1.85. The van der Waals surface area contributed by atoms with Crippen LogP contribution < -0.4 is 0 Å². The summed E-state index contributed by atoms with van der Waals surface area (Å²) in [5.41, 5.74) is 0.742. The topological polar surface area (TPSA) is 26.3 Å². The lowest BCUT2D eigenvalue weighted by atomic mass is 10.1. The number of hydrogen-bond acceptors (Lipinski definition) is 2. The first-order chi connectivity index (χ1) is 8.80. The first kappa shape index (κ1) is 14.7. The quantitative estimate of drug-likeness (QED) is 0.596. The van der Waals surface area contributed by atoms with Crippen molar-refractivity contribution >= 4 is 5.97 Å². The van der Waals surface area contributed by atoms with Crippen molar-refractivity contribution in [3.8, 4) is 0 Å². The average molecular weight is 248 g/mol. The molecule has 0 aromatic rings. The third-order valence-electron chi connectivity index (χ3n) is 3.00. The van der Waals surface area contributed by atoms with E-state index >= 15 is 0 Å². The predicted octanol–water partition coefficient (Wildman–Crippen LogP) is 4.33. The van der Waals surface area contributed by atoms with Crippen LogP contribution in [0.25, 0.3) is 0 Å². The summed E-state index contributed by atoms with van der Waals surface area (Å²) in [4.78, 5) is 11.6. The van der Waals surface area contributed by atoms with Gasteiger partial charge in [-0.15, -0.1) is 0 Å². The zero-order chi connectivity index (χ0) is 13.1. The molecule has 0 aromatic carbocycles. The molecule has 0 atom stereocenters. The first-order valence-corrected chi connectivity index (χ1v) is 6.96. The van der Waals surface area contributed by atoms with E-state index in [1.807, 2.05) is 25.2 Å². The van der Waals surface area contributed by atoms with Gasteiger partial charge in [0, 0.05) is 5.57 Å². The minimum atomic E-state index is -0.175. The van der Waals surface area contributed by atoms with Crippen LogP contribution in [0.1, 0.15) is 51.9 Å². The summed E-state index contributed by atoms with van der Waals surface area (Å²) >= 11 is 0. The predicted molar refractivity (Wildman–Crippen MR) is 75.3 cm³/mol. The normalized spacial score (nSPS) is 26.7. The van der Waals surface area contributed by atoms with Crippen LogP contribution in [-0.4, -0.2) is 12.6 Å². The lowest BCUT2D eigenvalue weighted by Crippen LogP contribution is -2.06. The summed E-state index contributed by atoms with van der Waals surface area (Å²) in [6.45, 7) is 2.30. The van der Waals surface area contributed by atoms with Gasteiger partial charge in [0.25, 0.3) is 0 Å². The van der Waals surface area contributed by atoms with Gasteiger partial charge in [0.2, 0.25) is 0 Å². The van der Waals surface area contributed by atoms with E-state index in [2.05, 4.69) is 12.2 Å². The molecule has 0 fully saturated rings. The van der Waals surface area contributed by atoms with Gasteiger partial charge in [-0.25, -0.2) is 4.79 Å². The van der Waals surface area contributed by atoms with Crippen LogP contribution in [-0.2, 0) is 9.53 Å². The second-order valence-electron chi connectivity index (χ2n) is 4.66. The largest absolute Gasteiger partial charge is 0.462 e. The lowest BCUT2D eigenvalue weighted by molar-refractivity contribution is -0.138. The summed E-state index contributed by atoms with van der Waals surface area (Å²) in [5, 5.41) is 0. The highest BCUT2D eigenvalue weighted by molar-refractivity contribution is 5.87. The van der Waals surface area contributed by atoms with Crippen LogP contribution in [0.4, 0.5) is 0 Å². The Hall–Kier alpha value is -1.31. The molecular weight excluding hydrogens is 224 g/mol. The van der Waals surface area contributed by atoms with Crippen molar-refractivity contribution in [2.75, 3.05) is 6.61 Å². The number of esters is 1. The van der Waals surface area contributed by atoms with Gasteiger partial charge in [0.1, 0.15) is 0 Å². The maximum atomic E-state index is 11.6. The van der Waals surface area contributed by atoms with Crippen molar-refractivity contribution in [2.24, 2.45) is 0 Å². The highest BCUT2D eigenvalue weighted by Crippen LogP contribution is 2.09. The molecule has 1 heterocycles. The maximum Gasteiger partial charge on any atom is 0.333 e. The van der Waals surface area contributed by atoms with Crippen molar-refractivity contribution in [1.82, 2.24) is 0 Å². The lowest BCUT2D eigenvalue weighted by Gasteiger charge is -2.03. The zero-order valence-corrected chi connectivity index (χ0v) is 11.4. The van der Waals surface area contributed by atoms with Gasteiger partial charge in [-0.2, -0.15) is 0 Å². The molecule has 100 valence electrons. The summed E-state index contributed by atoms with van der Waals surface area (Å²) in [6.07, 6.45) is 18.2. The molecule has 0 N–H and O–H groups in total. The summed E-state index contributed by atoms with van der Waals surface area (Å²) in [6, 6.07) is 0. The molecule has 2 nitrogen and oxygen atoms in total. The highest BCUT2D eigenvalue weighted by atomic mass is 16.5. The van der Waals surface area contributed by atoms with E-state index in [1.165, 1.54) is 19.3 Å². The molecule has 0 radical (unpaired) electrons. The fourth-order valence-electron chi connectivity index (χ4n) is 1.85. The molecule has 0 unspecified atom stereocenters. The van der Waals surface area contributed by atoms with Crippen LogP contribution in [0, 0.1) is 0 Å². The molecule has 1 aliphatic rings. The van der Waals surface area contributed by atoms with Crippen LogP contribution >= 0.6 is 0 Å². The molecule has 0 saturated heterocycles. The number of rotatable bonds is 0. The van der Waals surface area contributed by atoms with E-state index in [1.54, 1.807) is 0 Å². The average Bonchev–Trinajstić information content (AvgIpc) is 2.37. The smallest absolute Gasteiger partial charge is 0.333 e. The monoisotopic (exact) mass is 248 g/mol. The van der Waals surface area contributed by atoms with Crippen molar-refractivity contribution in [1.29, 1.82) is 0 Å². The highest BCUT2D eigenvalue weighted by Gasteiger charge is 2.03. The van der Waals surface area contributed by atoms with E-state index in [0.29, 0.717) is 6.61 Å². The number of cyclic esters (lactones) is 1.